The van der Waals surface area contributed by atoms with Gasteiger partial charge >= 0.3 is 0 Å². The minimum absolute atomic E-state index is 0.227. The molecule has 1 fully saturated rings. The van der Waals surface area contributed by atoms with E-state index in [-0.39, 0.29) is 5.91 Å². The Labute approximate surface area is 161 Å². The van der Waals surface area contributed by atoms with Crippen molar-refractivity contribution in [1.29, 1.82) is 0 Å². The van der Waals surface area contributed by atoms with Gasteiger partial charge in [0.1, 0.15) is 0 Å². The molecule has 3 aliphatic carbocycles. The minimum Gasteiger partial charge on any atom is -0.356 e. The molecule has 1 amide bonds. The third kappa shape index (κ3) is 3.08. The van der Waals surface area contributed by atoms with E-state index < -0.39 is 0 Å². The van der Waals surface area contributed by atoms with Crippen LogP contribution >= 0.6 is 0 Å². The van der Waals surface area contributed by atoms with Crippen molar-refractivity contribution in [2.45, 2.75) is 37.5 Å². The van der Waals surface area contributed by atoms with Gasteiger partial charge in [0.15, 0.2) is 0 Å². The summed E-state index contributed by atoms with van der Waals surface area (Å²) in [4.78, 5) is 12.4. The van der Waals surface area contributed by atoms with Crippen molar-refractivity contribution in [1.82, 2.24) is 10.6 Å². The number of amides is 1. The quantitative estimate of drug-likeness (QED) is 0.852. The van der Waals surface area contributed by atoms with E-state index >= 15 is 0 Å². The molecule has 1 aliphatic heterocycles. The summed E-state index contributed by atoms with van der Waals surface area (Å²) in [6.45, 7) is 2.98. The molecule has 1 saturated heterocycles. The topological polar surface area (TPSA) is 41.1 Å². The van der Waals surface area contributed by atoms with E-state index in [1.807, 2.05) is 0 Å². The zero-order valence-corrected chi connectivity index (χ0v) is 15.8. The van der Waals surface area contributed by atoms with Gasteiger partial charge in [0.2, 0.25) is 5.91 Å². The Kier molecular flexibility index (Phi) is 4.48. The molecule has 4 aliphatic rings. The molecule has 0 aromatic heterocycles. The summed E-state index contributed by atoms with van der Waals surface area (Å²) < 4.78 is 0. The number of hydrogen-bond donors (Lipinski definition) is 2. The van der Waals surface area contributed by atoms with E-state index in [4.69, 9.17) is 0 Å². The fourth-order valence-corrected chi connectivity index (χ4v) is 5.59. The molecule has 3 nitrogen and oxygen atoms in total. The normalized spacial score (nSPS) is 27.9. The molecule has 0 radical (unpaired) electrons. The molecule has 27 heavy (non-hydrogen) atoms. The maximum atomic E-state index is 12.4. The van der Waals surface area contributed by atoms with E-state index in [9.17, 15) is 4.79 Å². The van der Waals surface area contributed by atoms with Gasteiger partial charge in [-0.3, -0.25) is 4.79 Å². The second-order valence-corrected chi connectivity index (χ2v) is 8.49. The highest BCUT2D eigenvalue weighted by molar-refractivity contribution is 5.76. The Balaban J connectivity index is 1.29. The summed E-state index contributed by atoms with van der Waals surface area (Å²) in [5.41, 5.74) is 5.95. The molecule has 0 saturated carbocycles. The molecule has 2 N–H and O–H groups in total. The maximum absolute atomic E-state index is 12.4. The number of nitrogens with one attached hydrogen (secondary N) is 2. The van der Waals surface area contributed by atoms with E-state index in [1.54, 1.807) is 0 Å². The predicted octanol–water partition coefficient (Wildman–Crippen LogP) is 3.79. The first-order chi connectivity index (χ1) is 13.3. The fraction of sp³-hybridized carbons (Fsp3) is 0.458. The Bertz CT molecular complexity index is 792. The maximum Gasteiger partial charge on any atom is 0.220 e. The SMILES string of the molecule is O=C(CCC1CCNC1)NCC1CC2c3ccccc3C1c1ccccc12. The Hall–Kier alpha value is -2.13. The molecule has 2 aromatic carbocycles. The summed E-state index contributed by atoms with van der Waals surface area (Å²) in [6.07, 6.45) is 4.04. The van der Waals surface area contributed by atoms with Crippen LogP contribution in [0, 0.1) is 11.8 Å². The molecule has 6 rings (SSSR count). The second kappa shape index (κ2) is 7.12. The van der Waals surface area contributed by atoms with Gasteiger partial charge in [-0.15, -0.1) is 0 Å². The fourth-order valence-electron chi connectivity index (χ4n) is 5.59. The van der Waals surface area contributed by atoms with Gasteiger partial charge in [-0.1, -0.05) is 48.5 Å². The van der Waals surface area contributed by atoms with Crippen LogP contribution in [0.3, 0.4) is 0 Å². The van der Waals surface area contributed by atoms with Gasteiger partial charge in [0.05, 0.1) is 0 Å². The zero-order chi connectivity index (χ0) is 18.2. The van der Waals surface area contributed by atoms with Crippen LogP contribution in [0.5, 0.6) is 0 Å². The average molecular weight is 361 g/mol. The van der Waals surface area contributed by atoms with Crippen molar-refractivity contribution in [2.75, 3.05) is 19.6 Å². The van der Waals surface area contributed by atoms with Crippen LogP contribution in [0.4, 0.5) is 0 Å². The molecule has 1 heterocycles. The van der Waals surface area contributed by atoms with E-state index in [2.05, 4.69) is 59.2 Å². The lowest BCUT2D eigenvalue weighted by molar-refractivity contribution is -0.121. The van der Waals surface area contributed by atoms with Crippen LogP contribution in [0.25, 0.3) is 0 Å². The van der Waals surface area contributed by atoms with Crippen LogP contribution in [0.2, 0.25) is 0 Å². The number of benzene rings is 2. The van der Waals surface area contributed by atoms with Crippen LogP contribution in [0.1, 0.15) is 59.8 Å². The zero-order valence-electron chi connectivity index (χ0n) is 15.8. The van der Waals surface area contributed by atoms with Crippen molar-refractivity contribution in [3.63, 3.8) is 0 Å². The molecule has 140 valence electrons. The lowest BCUT2D eigenvalue weighted by Crippen LogP contribution is -2.39. The van der Waals surface area contributed by atoms with Gasteiger partial charge in [-0.05, 0) is 66.4 Å². The third-order valence-electron chi connectivity index (χ3n) is 6.93. The van der Waals surface area contributed by atoms with Crippen molar-refractivity contribution >= 4 is 5.91 Å². The van der Waals surface area contributed by atoms with Gasteiger partial charge in [0, 0.05) is 24.8 Å². The Morgan fingerprint density at radius 3 is 2.30 bits per heavy atom. The molecule has 3 heteroatoms. The smallest absolute Gasteiger partial charge is 0.220 e. The number of fused-ring (bicyclic) bond motifs is 1. The van der Waals surface area contributed by atoms with Crippen LogP contribution < -0.4 is 10.6 Å². The average Bonchev–Trinajstić information content (AvgIpc) is 3.24. The molecule has 2 bridgehead atoms. The summed E-state index contributed by atoms with van der Waals surface area (Å²) in [6, 6.07) is 17.8. The summed E-state index contributed by atoms with van der Waals surface area (Å²) in [7, 11) is 0. The van der Waals surface area contributed by atoms with Crippen molar-refractivity contribution in [3.05, 3.63) is 70.8 Å². The Morgan fingerprint density at radius 1 is 1.00 bits per heavy atom. The van der Waals surface area contributed by atoms with Gasteiger partial charge in [-0.25, -0.2) is 0 Å². The summed E-state index contributed by atoms with van der Waals surface area (Å²) >= 11 is 0. The first kappa shape index (κ1) is 17.0. The molecule has 0 spiro atoms. The van der Waals surface area contributed by atoms with Crippen LogP contribution in [-0.2, 0) is 4.79 Å². The minimum atomic E-state index is 0.227. The van der Waals surface area contributed by atoms with Crippen molar-refractivity contribution in [3.8, 4) is 0 Å². The predicted molar refractivity (Wildman–Crippen MR) is 108 cm³/mol. The van der Waals surface area contributed by atoms with E-state index in [0.717, 1.165) is 32.5 Å². The van der Waals surface area contributed by atoms with Crippen LogP contribution in [0.15, 0.2) is 48.5 Å². The standard InChI is InChI=1S/C24H28N2O/c27-23(10-9-16-11-12-25-14-16)26-15-17-13-22-18-5-1-3-7-20(18)24(17)21-8-4-2-6-19(21)22/h1-8,16-17,22,24-25H,9-15H2,(H,26,27). The molecular formula is C24H28N2O. The highest BCUT2D eigenvalue weighted by Gasteiger charge is 2.42. The first-order valence-electron chi connectivity index (χ1n) is 10.5. The highest BCUT2D eigenvalue weighted by atomic mass is 16.1. The van der Waals surface area contributed by atoms with Gasteiger partial charge < -0.3 is 10.6 Å². The largest absolute Gasteiger partial charge is 0.356 e. The molecule has 2 atom stereocenters. The van der Waals surface area contributed by atoms with Gasteiger partial charge in [0.25, 0.3) is 0 Å². The van der Waals surface area contributed by atoms with E-state index in [0.29, 0.717) is 30.1 Å². The van der Waals surface area contributed by atoms with E-state index in [1.165, 1.54) is 28.7 Å². The Morgan fingerprint density at radius 2 is 1.67 bits per heavy atom. The summed E-state index contributed by atoms with van der Waals surface area (Å²) in [5.74, 6) is 2.30. The van der Waals surface area contributed by atoms with Crippen molar-refractivity contribution < 1.29 is 4.79 Å². The first-order valence-corrected chi connectivity index (χ1v) is 10.5. The van der Waals surface area contributed by atoms with Crippen LogP contribution in [-0.4, -0.2) is 25.5 Å². The lowest BCUT2D eigenvalue weighted by atomic mass is 9.59. The monoisotopic (exact) mass is 360 g/mol. The number of carbonyl (C=O) groups excluding carboxylic acids is 1. The second-order valence-electron chi connectivity index (χ2n) is 8.49. The lowest BCUT2D eigenvalue weighted by Gasteiger charge is -2.45. The van der Waals surface area contributed by atoms with Gasteiger partial charge in [-0.2, -0.15) is 0 Å². The molecular weight excluding hydrogens is 332 g/mol. The molecule has 2 unspecified atom stereocenters. The van der Waals surface area contributed by atoms with Crippen molar-refractivity contribution in [2.24, 2.45) is 11.8 Å². The number of rotatable bonds is 5. The third-order valence-corrected chi connectivity index (χ3v) is 6.93. The molecule has 2 aromatic rings. The highest BCUT2D eigenvalue weighted by Crippen LogP contribution is 2.55. The number of hydrogen-bond acceptors (Lipinski definition) is 2. The summed E-state index contributed by atoms with van der Waals surface area (Å²) in [5, 5.41) is 6.65. The number of carbonyl (C=O) groups is 1.